The lowest BCUT2D eigenvalue weighted by Crippen LogP contribution is -2.31. The zero-order valence-electron chi connectivity index (χ0n) is 11.7. The number of hydrogen-bond donors (Lipinski definition) is 0. The van der Waals surface area contributed by atoms with Crippen molar-refractivity contribution < 1.29 is 9.53 Å². The monoisotopic (exact) mass is 261 g/mol. The first kappa shape index (κ1) is 13.9. The van der Waals surface area contributed by atoms with Crippen molar-refractivity contribution >= 4 is 11.7 Å². The Morgan fingerprint density at radius 1 is 1.32 bits per heavy atom. The Bertz CT molecular complexity index is 417. The zero-order chi connectivity index (χ0) is 13.5. The average molecular weight is 261 g/mol. The van der Waals surface area contributed by atoms with E-state index in [0.717, 1.165) is 32.2 Å². The fourth-order valence-electron chi connectivity index (χ4n) is 2.47. The van der Waals surface area contributed by atoms with E-state index in [1.807, 2.05) is 6.07 Å². The lowest BCUT2D eigenvalue weighted by Gasteiger charge is -2.23. The second kappa shape index (κ2) is 7.17. The molecule has 1 aromatic rings. The van der Waals surface area contributed by atoms with E-state index >= 15 is 0 Å². The van der Waals surface area contributed by atoms with Crippen molar-refractivity contribution in [3.63, 3.8) is 0 Å². The van der Waals surface area contributed by atoms with E-state index in [0.29, 0.717) is 13.2 Å². The van der Waals surface area contributed by atoms with Gasteiger partial charge in [0.15, 0.2) is 0 Å². The quantitative estimate of drug-likeness (QED) is 0.602. The molecule has 0 saturated heterocycles. The van der Waals surface area contributed by atoms with Gasteiger partial charge >= 0.3 is 5.97 Å². The highest BCUT2D eigenvalue weighted by Crippen LogP contribution is 2.25. The number of anilines is 1. The number of carbonyl (C=O) groups excluding carboxylic acids is 1. The van der Waals surface area contributed by atoms with Crippen LogP contribution in [0.5, 0.6) is 0 Å². The number of nitrogens with zero attached hydrogens (tertiary/aromatic N) is 1. The van der Waals surface area contributed by atoms with Crippen LogP contribution in [0.3, 0.4) is 0 Å². The zero-order valence-corrected chi connectivity index (χ0v) is 11.7. The maximum absolute atomic E-state index is 11.8. The van der Waals surface area contributed by atoms with Gasteiger partial charge in [-0.3, -0.25) is 4.79 Å². The minimum Gasteiger partial charge on any atom is -0.464 e. The van der Waals surface area contributed by atoms with Crippen molar-refractivity contribution in [2.45, 2.75) is 39.0 Å². The van der Waals surface area contributed by atoms with Crippen LogP contribution in [0.15, 0.2) is 24.3 Å². The number of para-hydroxylation sites is 1. The molecule has 1 aliphatic rings. The van der Waals surface area contributed by atoms with E-state index in [4.69, 9.17) is 4.74 Å². The number of hydrogen-bond acceptors (Lipinski definition) is 3. The Balaban J connectivity index is 1.98. The lowest BCUT2D eigenvalue weighted by molar-refractivity contribution is -0.142. The summed E-state index contributed by atoms with van der Waals surface area (Å²) in [6, 6.07) is 8.39. The average Bonchev–Trinajstić information content (AvgIpc) is 2.62. The van der Waals surface area contributed by atoms with Gasteiger partial charge in [0.25, 0.3) is 0 Å². The van der Waals surface area contributed by atoms with Gasteiger partial charge in [0, 0.05) is 12.2 Å². The summed E-state index contributed by atoms with van der Waals surface area (Å²) in [6.07, 6.45) is 5.44. The third kappa shape index (κ3) is 3.98. The maximum atomic E-state index is 11.8. The molecule has 3 nitrogen and oxygen atoms in total. The number of benzene rings is 1. The van der Waals surface area contributed by atoms with Crippen LogP contribution in [0.1, 0.15) is 38.2 Å². The van der Waals surface area contributed by atoms with Crippen LogP contribution in [0.4, 0.5) is 5.69 Å². The summed E-state index contributed by atoms with van der Waals surface area (Å²) in [5.74, 6) is -0.106. The maximum Gasteiger partial charge on any atom is 0.325 e. The van der Waals surface area contributed by atoms with Crippen LogP contribution < -0.4 is 4.90 Å². The second-order valence-corrected chi connectivity index (χ2v) is 5.08. The van der Waals surface area contributed by atoms with Crippen molar-refractivity contribution in [2.75, 3.05) is 24.6 Å². The Kier molecular flexibility index (Phi) is 5.25. The molecule has 1 aliphatic heterocycles. The second-order valence-electron chi connectivity index (χ2n) is 5.08. The van der Waals surface area contributed by atoms with Gasteiger partial charge < -0.3 is 9.64 Å². The van der Waals surface area contributed by atoms with Crippen molar-refractivity contribution in [3.05, 3.63) is 29.8 Å². The van der Waals surface area contributed by atoms with Gasteiger partial charge in [-0.25, -0.2) is 0 Å². The predicted octanol–water partition coefficient (Wildman–Crippen LogP) is 3.17. The smallest absolute Gasteiger partial charge is 0.325 e. The summed E-state index contributed by atoms with van der Waals surface area (Å²) < 4.78 is 5.26. The minimum absolute atomic E-state index is 0.106. The molecule has 19 heavy (non-hydrogen) atoms. The van der Waals surface area contributed by atoms with Crippen LogP contribution in [0.2, 0.25) is 0 Å². The molecule has 0 N–H and O–H groups in total. The minimum atomic E-state index is -0.106. The topological polar surface area (TPSA) is 29.5 Å². The van der Waals surface area contributed by atoms with Gasteiger partial charge in [-0.1, -0.05) is 31.5 Å². The Labute approximate surface area is 115 Å². The van der Waals surface area contributed by atoms with Gasteiger partial charge in [-0.15, -0.1) is 0 Å². The van der Waals surface area contributed by atoms with Gasteiger partial charge in [0.2, 0.25) is 0 Å². The largest absolute Gasteiger partial charge is 0.464 e. The molecule has 3 heteroatoms. The summed E-state index contributed by atoms with van der Waals surface area (Å²) in [5, 5.41) is 0. The van der Waals surface area contributed by atoms with Gasteiger partial charge in [-0.05, 0) is 37.3 Å². The summed E-state index contributed by atoms with van der Waals surface area (Å²) in [6.45, 7) is 3.96. The van der Waals surface area contributed by atoms with Crippen molar-refractivity contribution in [3.8, 4) is 0 Å². The molecular weight excluding hydrogens is 238 g/mol. The van der Waals surface area contributed by atoms with Crippen LogP contribution in [0.25, 0.3) is 0 Å². The molecule has 0 fully saturated rings. The molecular formula is C16H23NO2. The number of unbranched alkanes of at least 4 members (excludes halogenated alkanes) is 1. The van der Waals surface area contributed by atoms with E-state index in [-0.39, 0.29) is 5.97 Å². The van der Waals surface area contributed by atoms with Crippen LogP contribution >= 0.6 is 0 Å². The first-order valence-corrected chi connectivity index (χ1v) is 7.29. The van der Waals surface area contributed by atoms with Crippen molar-refractivity contribution in [2.24, 2.45) is 0 Å². The molecule has 0 bridgehead atoms. The van der Waals surface area contributed by atoms with E-state index < -0.39 is 0 Å². The fraction of sp³-hybridized carbons (Fsp3) is 0.562. The molecule has 0 amide bonds. The third-order valence-corrected chi connectivity index (χ3v) is 3.54. The molecule has 0 aromatic heterocycles. The molecule has 0 unspecified atom stereocenters. The Hall–Kier alpha value is -1.51. The van der Waals surface area contributed by atoms with Crippen molar-refractivity contribution in [1.82, 2.24) is 0 Å². The number of aryl methyl sites for hydroxylation is 1. The number of fused-ring (bicyclic) bond motifs is 1. The SMILES string of the molecule is CCCCOC(=O)CN1CCCCc2ccccc21. The number of rotatable bonds is 5. The number of esters is 1. The van der Waals surface area contributed by atoms with Gasteiger partial charge in [0.1, 0.15) is 6.54 Å². The molecule has 0 radical (unpaired) electrons. The van der Waals surface area contributed by atoms with E-state index in [2.05, 4.69) is 30.0 Å². The highest BCUT2D eigenvalue weighted by Gasteiger charge is 2.17. The predicted molar refractivity (Wildman–Crippen MR) is 77.5 cm³/mol. The molecule has 2 rings (SSSR count). The summed E-state index contributed by atoms with van der Waals surface area (Å²) in [5.41, 5.74) is 2.55. The first-order valence-electron chi connectivity index (χ1n) is 7.29. The highest BCUT2D eigenvalue weighted by molar-refractivity contribution is 5.76. The molecule has 0 spiro atoms. The molecule has 1 heterocycles. The molecule has 1 aromatic carbocycles. The third-order valence-electron chi connectivity index (χ3n) is 3.54. The van der Waals surface area contributed by atoms with Gasteiger partial charge in [0.05, 0.1) is 6.61 Å². The van der Waals surface area contributed by atoms with E-state index in [1.54, 1.807) is 0 Å². The Morgan fingerprint density at radius 2 is 2.16 bits per heavy atom. The summed E-state index contributed by atoms with van der Waals surface area (Å²) >= 11 is 0. The number of ether oxygens (including phenoxy) is 1. The van der Waals surface area contributed by atoms with E-state index in [9.17, 15) is 4.79 Å². The standard InChI is InChI=1S/C16H23NO2/c1-2-3-12-19-16(18)13-17-11-7-6-9-14-8-4-5-10-15(14)17/h4-5,8,10H,2-3,6-7,9,11-13H2,1H3. The summed E-state index contributed by atoms with van der Waals surface area (Å²) in [4.78, 5) is 14.0. The van der Waals surface area contributed by atoms with Gasteiger partial charge in [-0.2, -0.15) is 0 Å². The highest BCUT2D eigenvalue weighted by atomic mass is 16.5. The van der Waals surface area contributed by atoms with Crippen LogP contribution in [-0.2, 0) is 16.0 Å². The summed E-state index contributed by atoms with van der Waals surface area (Å²) in [7, 11) is 0. The fourth-order valence-corrected chi connectivity index (χ4v) is 2.47. The first-order chi connectivity index (χ1) is 9.31. The van der Waals surface area contributed by atoms with E-state index in [1.165, 1.54) is 17.7 Å². The molecule has 104 valence electrons. The Morgan fingerprint density at radius 3 is 3.00 bits per heavy atom. The molecule has 0 aliphatic carbocycles. The number of carbonyl (C=O) groups is 1. The molecule has 0 saturated carbocycles. The van der Waals surface area contributed by atoms with Crippen LogP contribution in [-0.4, -0.2) is 25.7 Å². The van der Waals surface area contributed by atoms with Crippen LogP contribution in [0, 0.1) is 0 Å². The van der Waals surface area contributed by atoms with Crippen molar-refractivity contribution in [1.29, 1.82) is 0 Å². The lowest BCUT2D eigenvalue weighted by atomic mass is 10.1. The molecule has 0 atom stereocenters. The normalized spacial score (nSPS) is 14.7.